The summed E-state index contributed by atoms with van der Waals surface area (Å²) < 4.78 is 41.7. The van der Waals surface area contributed by atoms with Crippen LogP contribution >= 0.6 is 0 Å². The molecule has 0 aliphatic carbocycles. The average Bonchev–Trinajstić information content (AvgIpc) is 3.08. The van der Waals surface area contributed by atoms with Gasteiger partial charge in [-0.05, 0) is 63.5 Å². The topological polar surface area (TPSA) is 177 Å². The Morgan fingerprint density at radius 1 is 1.00 bits per heavy atom. The van der Waals surface area contributed by atoms with Gasteiger partial charge in [-0.2, -0.15) is 0 Å². The van der Waals surface area contributed by atoms with Crippen molar-refractivity contribution in [3.8, 4) is 0 Å². The monoisotopic (exact) mass is 738 g/mol. The van der Waals surface area contributed by atoms with Crippen molar-refractivity contribution in [1.82, 2.24) is 0 Å². The lowest BCUT2D eigenvalue weighted by atomic mass is 9.74. The first kappa shape index (κ1) is 42.4. The molecule has 0 unspecified atom stereocenters. The van der Waals surface area contributed by atoms with E-state index in [9.17, 15) is 29.7 Å². The van der Waals surface area contributed by atoms with E-state index in [1.807, 2.05) is 0 Å². The van der Waals surface area contributed by atoms with Crippen molar-refractivity contribution in [3.05, 3.63) is 23.8 Å². The molecule has 0 radical (unpaired) electrons. The molecule has 0 saturated carbocycles. The SMILES string of the molecule is CCCCCCCC(=O)O[C@H]1/C(=C/C(=O)OC)C[C@H]2C[C@H]([C@@H](C)O)OC(=O)C[C@@H](O)C[C@@H]3CCC[C@H](C[C@@H]4CCO[C@H](/C=C\C(C)(C)[C@]1(O)O2)O4)O3. The van der Waals surface area contributed by atoms with E-state index in [1.165, 1.54) is 20.1 Å². The van der Waals surface area contributed by atoms with Crippen LogP contribution in [-0.4, -0.2) is 108 Å². The summed E-state index contributed by atoms with van der Waals surface area (Å²) in [5, 5.41) is 34.3. The van der Waals surface area contributed by atoms with Crippen LogP contribution in [0.15, 0.2) is 23.8 Å². The number of aliphatic hydroxyl groups is 3. The zero-order valence-electron chi connectivity index (χ0n) is 31.7. The standard InChI is InChI=1S/C39H62O13/c1-6-7-8-9-10-14-33(42)51-37-26(20-34(43)46-5)19-31-24-32(25(2)40)50-35(44)22-27(41)21-28-12-11-13-29(48-28)23-30-16-18-47-36(49-30)15-17-38(3,4)39(37,45)52-31/h15,17,20,25,27-32,36-37,40-41,45H,6-14,16,18-19,21-24H2,1-5H3/b17-15-,26-20+/t25-,27+,28+,29-,30+,31+,32-,36+,37+,39-/m1/s1. The third kappa shape index (κ3) is 12.1. The quantitative estimate of drug-likeness (QED) is 0.0976. The van der Waals surface area contributed by atoms with Crippen LogP contribution in [0.4, 0.5) is 0 Å². The molecule has 52 heavy (non-hydrogen) atoms. The number of methoxy groups -OCH3 is 1. The first-order valence-corrected chi connectivity index (χ1v) is 19.3. The third-order valence-electron chi connectivity index (χ3n) is 10.6. The van der Waals surface area contributed by atoms with Crippen LogP contribution in [0.25, 0.3) is 0 Å². The van der Waals surface area contributed by atoms with E-state index in [4.69, 9.17) is 33.2 Å². The molecule has 6 bridgehead atoms. The lowest BCUT2D eigenvalue weighted by molar-refractivity contribution is -0.327. The highest BCUT2D eigenvalue weighted by Gasteiger charge is 2.57. The number of carbonyl (C=O) groups excluding carboxylic acids is 3. The smallest absolute Gasteiger partial charge is 0.330 e. The highest BCUT2D eigenvalue weighted by molar-refractivity contribution is 5.83. The Balaban J connectivity index is 1.70. The lowest BCUT2D eigenvalue weighted by Gasteiger charge is -2.51. The molecule has 0 spiro atoms. The number of ether oxygens (including phenoxy) is 7. The second kappa shape index (κ2) is 19.8. The Labute approximate surface area is 308 Å². The van der Waals surface area contributed by atoms with Gasteiger partial charge in [0.25, 0.3) is 0 Å². The van der Waals surface area contributed by atoms with Crippen LogP contribution in [0.5, 0.6) is 0 Å². The van der Waals surface area contributed by atoms with Gasteiger partial charge in [-0.15, -0.1) is 0 Å². The largest absolute Gasteiger partial charge is 0.466 e. The summed E-state index contributed by atoms with van der Waals surface area (Å²) in [7, 11) is 1.22. The van der Waals surface area contributed by atoms with E-state index in [2.05, 4.69) is 6.92 Å². The minimum atomic E-state index is -2.26. The number of carbonyl (C=O) groups is 3. The third-order valence-corrected chi connectivity index (χ3v) is 10.6. The van der Waals surface area contributed by atoms with Gasteiger partial charge >= 0.3 is 17.9 Å². The molecule has 13 nitrogen and oxygen atoms in total. The van der Waals surface area contributed by atoms with Crippen molar-refractivity contribution in [2.24, 2.45) is 5.41 Å². The first-order chi connectivity index (χ1) is 24.7. The van der Waals surface area contributed by atoms with E-state index in [0.29, 0.717) is 25.9 Å². The van der Waals surface area contributed by atoms with Gasteiger partial charge in [0, 0.05) is 30.8 Å². The van der Waals surface area contributed by atoms with E-state index >= 15 is 0 Å². The maximum absolute atomic E-state index is 13.3. The highest BCUT2D eigenvalue weighted by atomic mass is 16.7. The number of hydrogen-bond donors (Lipinski definition) is 3. The summed E-state index contributed by atoms with van der Waals surface area (Å²) in [5.74, 6) is -4.23. The van der Waals surface area contributed by atoms with Gasteiger partial charge in [-0.3, -0.25) is 9.59 Å². The summed E-state index contributed by atoms with van der Waals surface area (Å²) in [4.78, 5) is 39.1. The van der Waals surface area contributed by atoms with Crippen LogP contribution in [0.2, 0.25) is 0 Å². The Morgan fingerprint density at radius 3 is 2.42 bits per heavy atom. The molecular weight excluding hydrogens is 676 g/mol. The van der Waals surface area contributed by atoms with Crippen molar-refractivity contribution in [2.75, 3.05) is 13.7 Å². The van der Waals surface area contributed by atoms with Crippen LogP contribution in [0, 0.1) is 5.41 Å². The molecule has 3 saturated heterocycles. The minimum Gasteiger partial charge on any atom is -0.466 e. The van der Waals surface area contributed by atoms with Crippen LogP contribution < -0.4 is 0 Å². The van der Waals surface area contributed by atoms with Crippen molar-refractivity contribution in [1.29, 1.82) is 0 Å². The Hall–Kier alpha value is -2.39. The summed E-state index contributed by atoms with van der Waals surface area (Å²) in [6, 6.07) is 0. The van der Waals surface area contributed by atoms with Crippen molar-refractivity contribution < 1.29 is 62.9 Å². The van der Waals surface area contributed by atoms with E-state index in [0.717, 1.165) is 44.9 Å². The summed E-state index contributed by atoms with van der Waals surface area (Å²) in [6.07, 6.45) is 6.24. The molecule has 4 aliphatic heterocycles. The second-order valence-corrected chi connectivity index (χ2v) is 15.4. The summed E-state index contributed by atoms with van der Waals surface area (Å²) in [6.45, 7) is 7.45. The van der Waals surface area contributed by atoms with Gasteiger partial charge in [0.1, 0.15) is 6.10 Å². The maximum atomic E-state index is 13.3. The number of esters is 3. The molecule has 4 rings (SSSR count). The molecule has 0 aromatic heterocycles. The fourth-order valence-electron chi connectivity index (χ4n) is 7.51. The van der Waals surface area contributed by atoms with Crippen molar-refractivity contribution >= 4 is 17.9 Å². The number of rotatable bonds is 9. The van der Waals surface area contributed by atoms with Crippen LogP contribution in [-0.2, 0) is 47.5 Å². The fourth-order valence-corrected chi connectivity index (χ4v) is 7.51. The molecule has 3 N–H and O–H groups in total. The fraction of sp³-hybridized carbons (Fsp3) is 0.821. The first-order valence-electron chi connectivity index (χ1n) is 19.3. The van der Waals surface area contributed by atoms with Gasteiger partial charge in [0.05, 0.1) is 56.8 Å². The molecule has 0 aromatic rings. The normalized spacial score (nSPS) is 36.5. The van der Waals surface area contributed by atoms with Crippen LogP contribution in [0.3, 0.4) is 0 Å². The molecule has 10 atom stereocenters. The molecule has 4 heterocycles. The lowest BCUT2D eigenvalue weighted by Crippen LogP contribution is -2.62. The Morgan fingerprint density at radius 2 is 1.71 bits per heavy atom. The zero-order chi connectivity index (χ0) is 37.9. The molecule has 3 fully saturated rings. The molecule has 0 amide bonds. The number of unbranched alkanes of at least 4 members (excludes halogenated alkanes) is 4. The molecule has 13 heteroatoms. The van der Waals surface area contributed by atoms with Gasteiger partial charge in [0.2, 0.25) is 5.79 Å². The summed E-state index contributed by atoms with van der Waals surface area (Å²) in [5.41, 5.74) is -1.05. The van der Waals surface area contributed by atoms with Gasteiger partial charge < -0.3 is 48.5 Å². The van der Waals surface area contributed by atoms with E-state index in [-0.39, 0.29) is 56.0 Å². The minimum absolute atomic E-state index is 0.00818. The highest BCUT2D eigenvalue weighted by Crippen LogP contribution is 2.47. The number of hydrogen-bond acceptors (Lipinski definition) is 13. The molecule has 296 valence electrons. The van der Waals surface area contributed by atoms with E-state index in [1.54, 1.807) is 26.0 Å². The second-order valence-electron chi connectivity index (χ2n) is 15.4. The zero-order valence-corrected chi connectivity index (χ0v) is 31.7. The van der Waals surface area contributed by atoms with Gasteiger partial charge in [-0.25, -0.2) is 4.79 Å². The predicted molar refractivity (Wildman–Crippen MR) is 188 cm³/mol. The Bertz CT molecular complexity index is 1230. The number of aliphatic hydroxyl groups excluding tert-OH is 2. The molecule has 0 aromatic carbocycles. The Kier molecular flexibility index (Phi) is 16.1. The van der Waals surface area contributed by atoms with Gasteiger partial charge in [-0.1, -0.05) is 52.5 Å². The number of fused-ring (bicyclic) bond motifs is 6. The molecular formula is C39H62O13. The van der Waals surface area contributed by atoms with Crippen molar-refractivity contribution in [3.63, 3.8) is 0 Å². The van der Waals surface area contributed by atoms with Gasteiger partial charge in [0.15, 0.2) is 12.4 Å². The maximum Gasteiger partial charge on any atom is 0.330 e. The predicted octanol–water partition coefficient (Wildman–Crippen LogP) is 4.71. The van der Waals surface area contributed by atoms with E-state index < -0.39 is 65.9 Å². The van der Waals surface area contributed by atoms with Crippen molar-refractivity contribution in [2.45, 2.75) is 185 Å². The number of cyclic esters (lactones) is 1. The molecule has 4 aliphatic rings. The van der Waals surface area contributed by atoms with Crippen LogP contribution in [0.1, 0.15) is 124 Å². The average molecular weight is 739 g/mol. The summed E-state index contributed by atoms with van der Waals surface area (Å²) >= 11 is 0.